The average molecular weight is 444 g/mol. The summed E-state index contributed by atoms with van der Waals surface area (Å²) in [7, 11) is 1.68. The van der Waals surface area contributed by atoms with Crippen LogP contribution in [0.4, 0.5) is 10.1 Å². The number of aliphatic imine (C=N–C) groups is 1. The fourth-order valence-corrected chi connectivity index (χ4v) is 4.28. The van der Waals surface area contributed by atoms with Crippen molar-refractivity contribution in [3.63, 3.8) is 0 Å². The van der Waals surface area contributed by atoms with Crippen LogP contribution >= 0.6 is 0 Å². The van der Waals surface area contributed by atoms with E-state index in [0.717, 1.165) is 64.9 Å². The Morgan fingerprint density at radius 1 is 1.09 bits per heavy atom. The highest BCUT2D eigenvalue weighted by atomic mass is 19.1. The van der Waals surface area contributed by atoms with Gasteiger partial charge in [0.2, 0.25) is 0 Å². The van der Waals surface area contributed by atoms with Crippen molar-refractivity contribution < 1.29 is 9.13 Å². The van der Waals surface area contributed by atoms with Crippen molar-refractivity contribution in [2.45, 2.75) is 26.7 Å². The first kappa shape index (κ1) is 21.0. The second-order valence-corrected chi connectivity index (χ2v) is 8.28. The number of hydrogen-bond acceptors (Lipinski definition) is 5. The van der Waals surface area contributed by atoms with Gasteiger partial charge in [0.25, 0.3) is 0 Å². The molecular formula is C26H26FN5O. The Balaban J connectivity index is 1.49. The van der Waals surface area contributed by atoms with Crippen molar-refractivity contribution in [3.05, 3.63) is 89.5 Å². The Morgan fingerprint density at radius 3 is 2.64 bits per heavy atom. The Hall–Kier alpha value is -3.87. The van der Waals surface area contributed by atoms with Crippen LogP contribution in [0, 0.1) is 12.7 Å². The number of hydrazine groups is 1. The molecule has 33 heavy (non-hydrogen) atoms. The predicted octanol–water partition coefficient (Wildman–Crippen LogP) is 5.50. The standard InChI is InChI=1S/C26H26FN5O/c1-18-15-30(17-28-18)24-11-6-20(14-25(24)33-3)13-21-5-4-12-31-26(21)29-19(2)16-32(31)23-9-7-22(27)8-10-23/h6-11,13-17H,4-5,12H2,1-3H3/b21-13+. The summed E-state index contributed by atoms with van der Waals surface area (Å²) in [6, 6.07) is 12.7. The van der Waals surface area contributed by atoms with Crippen LogP contribution in [0.1, 0.15) is 31.0 Å². The third-order valence-corrected chi connectivity index (χ3v) is 5.82. The number of ether oxygens (including phenoxy) is 1. The molecule has 0 amide bonds. The van der Waals surface area contributed by atoms with Gasteiger partial charge in [-0.05, 0) is 80.3 Å². The van der Waals surface area contributed by atoms with E-state index in [-0.39, 0.29) is 5.82 Å². The number of aromatic nitrogens is 2. The molecule has 0 spiro atoms. The highest BCUT2D eigenvalue weighted by Gasteiger charge is 2.29. The number of rotatable bonds is 4. The minimum absolute atomic E-state index is 0.243. The highest BCUT2D eigenvalue weighted by molar-refractivity contribution is 6.04. The number of hydrogen-bond donors (Lipinski definition) is 0. The third-order valence-electron chi connectivity index (χ3n) is 5.82. The lowest BCUT2D eigenvalue weighted by atomic mass is 10.00. The summed E-state index contributed by atoms with van der Waals surface area (Å²) in [6.45, 7) is 4.80. The monoisotopic (exact) mass is 443 g/mol. The van der Waals surface area contributed by atoms with E-state index >= 15 is 0 Å². The summed E-state index contributed by atoms with van der Waals surface area (Å²) in [6.07, 6.45) is 9.87. The lowest BCUT2D eigenvalue weighted by Gasteiger charge is -2.42. The van der Waals surface area contributed by atoms with E-state index in [1.807, 2.05) is 42.9 Å². The summed E-state index contributed by atoms with van der Waals surface area (Å²) in [5.41, 5.74) is 5.92. The maximum Gasteiger partial charge on any atom is 0.151 e. The van der Waals surface area contributed by atoms with Gasteiger partial charge in [-0.1, -0.05) is 6.07 Å². The van der Waals surface area contributed by atoms with Gasteiger partial charge in [-0.3, -0.25) is 10.0 Å². The van der Waals surface area contributed by atoms with E-state index in [2.05, 4.69) is 27.1 Å². The fourth-order valence-electron chi connectivity index (χ4n) is 4.28. The largest absolute Gasteiger partial charge is 0.495 e. The quantitative estimate of drug-likeness (QED) is 0.534. The SMILES string of the molecule is COc1cc(/C=C2\CCCN3C2=NC(C)=CN3c2ccc(F)cc2)ccc1-n1cnc(C)c1. The van der Waals surface area contributed by atoms with Gasteiger partial charge in [0, 0.05) is 18.9 Å². The van der Waals surface area contributed by atoms with Gasteiger partial charge >= 0.3 is 0 Å². The van der Waals surface area contributed by atoms with Crippen LogP contribution in [0.5, 0.6) is 5.75 Å². The predicted molar refractivity (Wildman–Crippen MR) is 129 cm³/mol. The summed E-state index contributed by atoms with van der Waals surface area (Å²) < 4.78 is 21.1. The number of benzene rings is 2. The summed E-state index contributed by atoms with van der Waals surface area (Å²) >= 11 is 0. The van der Waals surface area contributed by atoms with E-state index in [1.54, 1.807) is 25.6 Å². The first-order valence-electron chi connectivity index (χ1n) is 11.0. The molecule has 6 nitrogen and oxygen atoms in total. The normalized spacial score (nSPS) is 17.0. The van der Waals surface area contributed by atoms with Crippen LogP contribution in [-0.4, -0.2) is 34.1 Å². The van der Waals surface area contributed by atoms with Gasteiger partial charge in [-0.2, -0.15) is 0 Å². The Bertz CT molecular complexity index is 1270. The first-order chi connectivity index (χ1) is 16.0. The number of nitrogens with zero attached hydrogens (tertiary/aromatic N) is 5. The van der Waals surface area contributed by atoms with Crippen LogP contribution in [0.15, 0.2) is 77.5 Å². The van der Waals surface area contributed by atoms with Crippen LogP contribution in [0.2, 0.25) is 0 Å². The average Bonchev–Trinajstić information content (AvgIpc) is 3.25. The van der Waals surface area contributed by atoms with Crippen LogP contribution in [0.25, 0.3) is 11.8 Å². The van der Waals surface area contributed by atoms with E-state index in [1.165, 1.54) is 12.1 Å². The number of methoxy groups -OCH3 is 1. The van der Waals surface area contributed by atoms with Gasteiger partial charge < -0.3 is 9.30 Å². The molecule has 0 aliphatic carbocycles. The molecule has 1 saturated heterocycles. The Morgan fingerprint density at radius 2 is 1.91 bits per heavy atom. The van der Waals surface area contributed by atoms with Crippen molar-refractivity contribution in [2.24, 2.45) is 4.99 Å². The summed E-state index contributed by atoms with van der Waals surface area (Å²) in [5, 5.41) is 4.23. The molecule has 3 aromatic rings. The maximum atomic E-state index is 13.5. The number of fused-ring (bicyclic) bond motifs is 1. The van der Waals surface area contributed by atoms with Crippen molar-refractivity contribution in [3.8, 4) is 11.4 Å². The van der Waals surface area contributed by atoms with Crippen LogP contribution < -0.4 is 9.75 Å². The van der Waals surface area contributed by atoms with Crippen molar-refractivity contribution in [1.29, 1.82) is 0 Å². The summed E-state index contributed by atoms with van der Waals surface area (Å²) in [5.74, 6) is 1.47. The van der Waals surface area contributed by atoms with Gasteiger partial charge in [0.1, 0.15) is 11.6 Å². The second kappa shape index (κ2) is 8.58. The molecule has 0 unspecified atom stereocenters. The van der Waals surface area contributed by atoms with Crippen LogP contribution in [0.3, 0.4) is 0 Å². The molecule has 0 saturated carbocycles. The summed E-state index contributed by atoms with van der Waals surface area (Å²) in [4.78, 5) is 9.18. The molecular weight excluding hydrogens is 417 g/mol. The number of piperidine rings is 1. The fraction of sp³-hybridized carbons (Fsp3) is 0.231. The Labute approximate surface area is 192 Å². The minimum atomic E-state index is -0.243. The van der Waals surface area contributed by atoms with Crippen molar-refractivity contribution in [1.82, 2.24) is 14.6 Å². The molecule has 1 aromatic heterocycles. The second-order valence-electron chi connectivity index (χ2n) is 8.28. The van der Waals surface area contributed by atoms with E-state index in [9.17, 15) is 4.39 Å². The number of allylic oxidation sites excluding steroid dienone is 1. The third kappa shape index (κ3) is 4.14. The molecule has 168 valence electrons. The highest BCUT2D eigenvalue weighted by Crippen LogP contribution is 2.32. The zero-order chi connectivity index (χ0) is 22.9. The number of amidine groups is 1. The molecule has 2 aliphatic heterocycles. The molecule has 5 rings (SSSR count). The smallest absolute Gasteiger partial charge is 0.151 e. The molecule has 0 bridgehead atoms. The molecule has 0 atom stereocenters. The number of halogens is 1. The van der Waals surface area contributed by atoms with Gasteiger partial charge in [-0.25, -0.2) is 14.4 Å². The topological polar surface area (TPSA) is 45.9 Å². The van der Waals surface area contributed by atoms with Crippen LogP contribution in [-0.2, 0) is 0 Å². The molecule has 2 aliphatic rings. The number of anilines is 1. The van der Waals surface area contributed by atoms with E-state index in [4.69, 9.17) is 9.73 Å². The zero-order valence-corrected chi connectivity index (χ0v) is 19.0. The van der Waals surface area contributed by atoms with E-state index < -0.39 is 0 Å². The molecule has 7 heteroatoms. The zero-order valence-electron chi connectivity index (χ0n) is 19.0. The van der Waals surface area contributed by atoms with Crippen molar-refractivity contribution >= 4 is 17.6 Å². The molecule has 1 fully saturated rings. The Kier molecular flexibility index (Phi) is 5.46. The molecule has 2 aromatic carbocycles. The number of imidazole rings is 1. The maximum absolute atomic E-state index is 13.5. The molecule has 0 N–H and O–H groups in total. The molecule has 3 heterocycles. The van der Waals surface area contributed by atoms with Gasteiger partial charge in [0.15, 0.2) is 5.84 Å². The lowest BCUT2D eigenvalue weighted by Crippen LogP contribution is -2.49. The first-order valence-corrected chi connectivity index (χ1v) is 11.0. The van der Waals surface area contributed by atoms with Gasteiger partial charge in [-0.15, -0.1) is 0 Å². The molecule has 0 radical (unpaired) electrons. The lowest BCUT2D eigenvalue weighted by molar-refractivity contribution is 0.388. The van der Waals surface area contributed by atoms with E-state index in [0.29, 0.717) is 0 Å². The van der Waals surface area contributed by atoms with Crippen molar-refractivity contribution in [2.75, 3.05) is 18.7 Å². The van der Waals surface area contributed by atoms with Gasteiger partial charge in [0.05, 0.1) is 36.2 Å². The number of aryl methyl sites for hydroxylation is 1. The minimum Gasteiger partial charge on any atom is -0.495 e.